The van der Waals surface area contributed by atoms with Gasteiger partial charge in [-0.25, -0.2) is 9.97 Å². The molecule has 7 heteroatoms. The SMILES string of the molecule is C[C@@H]1N(B2C=c3oc4ncccc4c3=CN2C)c2cccnc2N1c1ccccc1. The van der Waals surface area contributed by atoms with Gasteiger partial charge in [0, 0.05) is 34.9 Å². The zero-order valence-corrected chi connectivity index (χ0v) is 16.8. The van der Waals surface area contributed by atoms with Crippen LogP contribution in [-0.2, 0) is 0 Å². The van der Waals surface area contributed by atoms with E-state index < -0.39 is 0 Å². The molecule has 2 aliphatic heterocycles. The molecule has 0 fully saturated rings. The van der Waals surface area contributed by atoms with Crippen LogP contribution in [0.25, 0.3) is 23.3 Å². The molecular formula is C23H20BN5O. The summed E-state index contributed by atoms with van der Waals surface area (Å²) in [6.45, 7) is 2.20. The molecule has 0 amide bonds. The molecular weight excluding hydrogens is 373 g/mol. The van der Waals surface area contributed by atoms with E-state index in [0.29, 0.717) is 5.71 Å². The van der Waals surface area contributed by atoms with Crippen molar-refractivity contribution in [1.29, 1.82) is 0 Å². The summed E-state index contributed by atoms with van der Waals surface area (Å²) in [4.78, 5) is 16.0. The van der Waals surface area contributed by atoms with E-state index in [1.807, 2.05) is 24.4 Å². The van der Waals surface area contributed by atoms with E-state index in [0.717, 1.165) is 33.2 Å². The lowest BCUT2D eigenvalue weighted by atomic mass is 9.69. The van der Waals surface area contributed by atoms with E-state index in [1.165, 1.54) is 0 Å². The van der Waals surface area contributed by atoms with Crippen molar-refractivity contribution < 1.29 is 4.42 Å². The molecule has 0 N–H and O–H groups in total. The van der Waals surface area contributed by atoms with E-state index in [1.54, 1.807) is 6.20 Å². The molecule has 30 heavy (non-hydrogen) atoms. The van der Waals surface area contributed by atoms with E-state index in [-0.39, 0.29) is 13.1 Å². The van der Waals surface area contributed by atoms with Crippen LogP contribution >= 0.6 is 0 Å². The van der Waals surface area contributed by atoms with Gasteiger partial charge in [0.15, 0.2) is 5.82 Å². The van der Waals surface area contributed by atoms with Gasteiger partial charge in [-0.2, -0.15) is 0 Å². The molecule has 5 heterocycles. The summed E-state index contributed by atoms with van der Waals surface area (Å²) in [7, 11) is 2.10. The van der Waals surface area contributed by atoms with Gasteiger partial charge in [-0.1, -0.05) is 18.2 Å². The van der Waals surface area contributed by atoms with Crippen LogP contribution in [0, 0.1) is 0 Å². The first-order valence-corrected chi connectivity index (χ1v) is 10.1. The summed E-state index contributed by atoms with van der Waals surface area (Å²) < 4.78 is 6.08. The maximum atomic E-state index is 6.08. The number of hydrogen-bond acceptors (Lipinski definition) is 6. The number of benzene rings is 1. The average molecular weight is 393 g/mol. The van der Waals surface area contributed by atoms with Crippen LogP contribution in [0.2, 0.25) is 0 Å². The predicted octanol–water partition coefficient (Wildman–Crippen LogP) is 2.72. The molecule has 1 aromatic carbocycles. The number of aromatic nitrogens is 2. The molecule has 0 radical (unpaired) electrons. The second-order valence-electron chi connectivity index (χ2n) is 7.70. The van der Waals surface area contributed by atoms with Crippen molar-refractivity contribution in [3.63, 3.8) is 0 Å². The van der Waals surface area contributed by atoms with Crippen molar-refractivity contribution in [3.8, 4) is 0 Å². The third kappa shape index (κ3) is 2.38. The van der Waals surface area contributed by atoms with Crippen LogP contribution in [-0.4, -0.2) is 35.0 Å². The van der Waals surface area contributed by atoms with Crippen molar-refractivity contribution in [2.75, 3.05) is 16.8 Å². The van der Waals surface area contributed by atoms with Gasteiger partial charge in [0.2, 0.25) is 5.71 Å². The Kier molecular flexibility index (Phi) is 3.65. The highest BCUT2D eigenvalue weighted by Gasteiger charge is 2.42. The van der Waals surface area contributed by atoms with Gasteiger partial charge in [-0.05, 0) is 56.3 Å². The molecule has 0 unspecified atom stereocenters. The maximum Gasteiger partial charge on any atom is 0.408 e. The number of fused-ring (bicyclic) bond motifs is 4. The zero-order valence-electron chi connectivity index (χ0n) is 16.8. The summed E-state index contributed by atoms with van der Waals surface area (Å²) in [6.07, 6.45) is 5.86. The fourth-order valence-electron chi connectivity index (χ4n) is 4.60. The third-order valence-corrected chi connectivity index (χ3v) is 5.95. The molecule has 0 bridgehead atoms. The topological polar surface area (TPSA) is 48.6 Å². The summed E-state index contributed by atoms with van der Waals surface area (Å²) in [5.74, 6) is 3.15. The molecule has 3 aromatic heterocycles. The molecule has 0 saturated carbocycles. The first-order valence-electron chi connectivity index (χ1n) is 10.1. The maximum absolute atomic E-state index is 6.08. The lowest BCUT2D eigenvalue weighted by molar-refractivity contribution is 0.561. The minimum Gasteiger partial charge on any atom is -0.439 e. The Balaban J connectivity index is 1.51. The van der Waals surface area contributed by atoms with Gasteiger partial charge in [-0.15, -0.1) is 0 Å². The fourth-order valence-corrected chi connectivity index (χ4v) is 4.60. The van der Waals surface area contributed by atoms with Crippen LogP contribution in [0.15, 0.2) is 71.4 Å². The van der Waals surface area contributed by atoms with Gasteiger partial charge in [0.25, 0.3) is 0 Å². The normalized spacial score (nSPS) is 17.6. The highest BCUT2D eigenvalue weighted by atomic mass is 16.3. The van der Waals surface area contributed by atoms with Crippen LogP contribution in [0.5, 0.6) is 0 Å². The number of nitrogens with zero attached hydrogens (tertiary/aromatic N) is 5. The summed E-state index contributed by atoms with van der Waals surface area (Å²) in [5.41, 5.74) is 3.77. The van der Waals surface area contributed by atoms with E-state index in [9.17, 15) is 0 Å². The highest BCUT2D eigenvalue weighted by molar-refractivity contribution is 6.75. The standard InChI is InChI=1S/C23H20BN5O/c1-16-28(17-8-4-3-5-9-17)22-20(11-7-12-25-22)29(16)24-14-21-19(15-27(24)2)18-10-6-13-26-23(18)30-21/h3-16H,1-2H3/t16-/m0/s1. The lowest BCUT2D eigenvalue weighted by Gasteiger charge is -2.36. The quantitative estimate of drug-likeness (QED) is 0.488. The third-order valence-electron chi connectivity index (χ3n) is 5.95. The van der Waals surface area contributed by atoms with Crippen LogP contribution in [0.1, 0.15) is 6.92 Å². The monoisotopic (exact) mass is 393 g/mol. The number of rotatable bonds is 2. The van der Waals surface area contributed by atoms with Gasteiger partial charge in [0.1, 0.15) is 5.42 Å². The van der Waals surface area contributed by atoms with Crippen molar-refractivity contribution in [2.24, 2.45) is 0 Å². The van der Waals surface area contributed by atoms with Crippen molar-refractivity contribution >= 4 is 47.5 Å². The Labute approximate surface area is 174 Å². The largest absolute Gasteiger partial charge is 0.439 e. The predicted molar refractivity (Wildman–Crippen MR) is 120 cm³/mol. The Morgan fingerprint density at radius 3 is 2.63 bits per heavy atom. The smallest absolute Gasteiger partial charge is 0.408 e. The van der Waals surface area contributed by atoms with Crippen LogP contribution in [0.3, 0.4) is 0 Å². The Hall–Kier alpha value is -3.74. The number of anilines is 3. The first kappa shape index (κ1) is 17.2. The second-order valence-corrected chi connectivity index (χ2v) is 7.70. The molecule has 0 aliphatic carbocycles. The Morgan fingerprint density at radius 1 is 0.967 bits per heavy atom. The second kappa shape index (κ2) is 6.39. The molecule has 2 aliphatic rings. The van der Waals surface area contributed by atoms with Gasteiger partial charge in [0.05, 0.1) is 11.9 Å². The van der Waals surface area contributed by atoms with Gasteiger partial charge >= 0.3 is 6.98 Å². The summed E-state index contributed by atoms with van der Waals surface area (Å²) in [5, 5.41) is 2.12. The van der Waals surface area contributed by atoms with E-state index in [2.05, 4.69) is 82.1 Å². The molecule has 1 atom stereocenters. The number of para-hydroxylation sites is 1. The lowest BCUT2D eigenvalue weighted by Crippen LogP contribution is -2.56. The molecule has 4 aromatic rings. The average Bonchev–Trinajstić information content (AvgIpc) is 3.28. The van der Waals surface area contributed by atoms with Crippen molar-refractivity contribution in [2.45, 2.75) is 13.1 Å². The highest BCUT2D eigenvalue weighted by Crippen LogP contribution is 2.43. The Bertz CT molecular complexity index is 1370. The minimum atomic E-state index is -0.00951. The summed E-state index contributed by atoms with van der Waals surface area (Å²) in [6, 6.07) is 18.6. The molecule has 0 saturated heterocycles. The molecule has 6 rings (SSSR count). The number of pyridine rings is 2. The zero-order chi connectivity index (χ0) is 20.2. The molecule has 6 nitrogen and oxygen atoms in total. The van der Waals surface area contributed by atoms with Crippen molar-refractivity contribution in [1.82, 2.24) is 14.8 Å². The fraction of sp³-hybridized carbons (Fsp3) is 0.130. The van der Waals surface area contributed by atoms with E-state index in [4.69, 9.17) is 9.40 Å². The number of hydrogen-bond donors (Lipinski definition) is 0. The number of furan rings is 1. The molecule has 0 spiro atoms. The first-order chi connectivity index (χ1) is 14.7. The van der Waals surface area contributed by atoms with Crippen molar-refractivity contribution in [3.05, 3.63) is 77.6 Å². The van der Waals surface area contributed by atoms with Gasteiger partial charge < -0.3 is 18.9 Å². The van der Waals surface area contributed by atoms with Gasteiger partial charge in [-0.3, -0.25) is 0 Å². The Morgan fingerprint density at radius 2 is 1.77 bits per heavy atom. The summed E-state index contributed by atoms with van der Waals surface area (Å²) >= 11 is 0. The van der Waals surface area contributed by atoms with Crippen LogP contribution in [0.4, 0.5) is 17.2 Å². The molecule has 146 valence electrons. The van der Waals surface area contributed by atoms with E-state index >= 15 is 0 Å². The minimum absolute atomic E-state index is 0.00951. The van der Waals surface area contributed by atoms with Crippen LogP contribution < -0.4 is 20.3 Å².